The van der Waals surface area contributed by atoms with E-state index in [1.807, 2.05) is 0 Å². The van der Waals surface area contributed by atoms with E-state index in [4.69, 9.17) is 4.74 Å². The molecule has 0 saturated heterocycles. The Morgan fingerprint density at radius 3 is 2.00 bits per heavy atom. The van der Waals surface area contributed by atoms with Gasteiger partial charge >= 0.3 is 109 Å². The molecule has 0 unspecified atom stereocenters. The Morgan fingerprint density at radius 1 is 1.11 bits per heavy atom. The number of hydrogen-bond donors (Lipinski definition) is 0. The van der Waals surface area contributed by atoms with Crippen molar-refractivity contribution in [2.45, 2.75) is 32.6 Å². The molecule has 0 bridgehead atoms. The molecule has 9 heteroatoms. The fourth-order valence-corrected chi connectivity index (χ4v) is 1.37. The maximum absolute atomic E-state index is 10.9. The van der Waals surface area contributed by atoms with E-state index < -0.39 is 13.8 Å². The third kappa shape index (κ3) is 20.6. The van der Waals surface area contributed by atoms with Gasteiger partial charge in [-0.2, -0.15) is 0 Å². The number of phosphoric ester groups is 1. The summed E-state index contributed by atoms with van der Waals surface area (Å²) in [4.78, 5) is 31.1. The summed E-state index contributed by atoms with van der Waals surface area (Å²) < 4.78 is 19.0. The molecule has 0 saturated carbocycles. The Balaban J connectivity index is -0.00000128. The number of carbonyl (C=O) groups excluding carboxylic acids is 1. The second-order valence-electron chi connectivity index (χ2n) is 3.61. The van der Waals surface area contributed by atoms with Gasteiger partial charge < -0.3 is 23.6 Å². The molecule has 0 rings (SSSR count). The Hall–Kier alpha value is 2.59. The molecular formula is C10H17K2O6P. The zero-order valence-electron chi connectivity index (χ0n) is 11.8. The van der Waals surface area contributed by atoms with Crippen LogP contribution in [-0.2, 0) is 18.6 Å². The number of ether oxygens (including phenoxy) is 1. The molecule has 0 aliphatic rings. The van der Waals surface area contributed by atoms with E-state index in [1.165, 1.54) is 0 Å². The minimum atomic E-state index is -4.83. The van der Waals surface area contributed by atoms with Gasteiger partial charge in [0.1, 0.15) is 0 Å². The zero-order valence-corrected chi connectivity index (χ0v) is 19.0. The van der Waals surface area contributed by atoms with Crippen molar-refractivity contribution in [2.75, 3.05) is 13.2 Å². The molecule has 0 amide bonds. The Bertz CT molecular complexity index is 304. The van der Waals surface area contributed by atoms with Crippen molar-refractivity contribution in [1.82, 2.24) is 0 Å². The first kappa shape index (κ1) is 26.5. The normalized spacial score (nSPS) is 10.1. The van der Waals surface area contributed by atoms with Gasteiger partial charge in [-0.3, -0.25) is 0 Å². The predicted octanol–water partition coefficient (Wildman–Crippen LogP) is -5.48. The molecule has 0 aromatic heterocycles. The summed E-state index contributed by atoms with van der Waals surface area (Å²) in [5.74, 6) is -0.410. The number of esters is 1. The van der Waals surface area contributed by atoms with E-state index in [1.54, 1.807) is 6.92 Å². The largest absolute Gasteiger partial charge is 1.00 e. The Kier molecular flexibility index (Phi) is 21.6. The van der Waals surface area contributed by atoms with Gasteiger partial charge in [0.05, 0.1) is 21.0 Å². The maximum atomic E-state index is 10.9. The van der Waals surface area contributed by atoms with E-state index in [0.29, 0.717) is 31.4 Å². The molecule has 0 heterocycles. The van der Waals surface area contributed by atoms with Gasteiger partial charge in [-0.05, 0) is 26.2 Å². The zero-order chi connectivity index (χ0) is 13.3. The van der Waals surface area contributed by atoms with Gasteiger partial charge in [0, 0.05) is 5.57 Å². The van der Waals surface area contributed by atoms with Crippen LogP contribution in [0.25, 0.3) is 0 Å². The summed E-state index contributed by atoms with van der Waals surface area (Å²) >= 11 is 0. The van der Waals surface area contributed by atoms with Gasteiger partial charge in [0.25, 0.3) is 0 Å². The molecule has 19 heavy (non-hydrogen) atoms. The first-order chi connectivity index (χ1) is 7.83. The van der Waals surface area contributed by atoms with Crippen LogP contribution in [0.15, 0.2) is 12.2 Å². The SMILES string of the molecule is C=C(C)C(=O)OCCCCCCOP(=O)([O-])[O-].[K+].[K+]. The summed E-state index contributed by atoms with van der Waals surface area (Å²) in [5, 5.41) is 0. The van der Waals surface area contributed by atoms with Gasteiger partial charge in [0.2, 0.25) is 0 Å². The van der Waals surface area contributed by atoms with Crippen molar-refractivity contribution in [3.63, 3.8) is 0 Å². The van der Waals surface area contributed by atoms with Gasteiger partial charge in [-0.25, -0.2) is 4.79 Å². The molecule has 0 aromatic carbocycles. The molecule has 0 atom stereocenters. The molecule has 0 fully saturated rings. The second kappa shape index (κ2) is 15.5. The minimum Gasteiger partial charge on any atom is -0.790 e. The Morgan fingerprint density at radius 2 is 1.58 bits per heavy atom. The van der Waals surface area contributed by atoms with Crippen molar-refractivity contribution in [3.05, 3.63) is 12.2 Å². The summed E-state index contributed by atoms with van der Waals surface area (Å²) in [5.41, 5.74) is 0.361. The van der Waals surface area contributed by atoms with Crippen molar-refractivity contribution >= 4 is 13.8 Å². The molecule has 0 radical (unpaired) electrons. The van der Waals surface area contributed by atoms with Gasteiger partial charge in [-0.15, -0.1) is 0 Å². The first-order valence-electron chi connectivity index (χ1n) is 5.32. The van der Waals surface area contributed by atoms with E-state index in [0.717, 1.165) is 6.42 Å². The summed E-state index contributed by atoms with van der Waals surface area (Å²) in [7, 11) is -4.83. The topological polar surface area (TPSA) is 98.7 Å². The molecule has 0 spiro atoms. The molecule has 6 nitrogen and oxygen atoms in total. The van der Waals surface area contributed by atoms with Crippen molar-refractivity contribution in [3.8, 4) is 0 Å². The number of phosphoric acid groups is 1. The number of rotatable bonds is 9. The fourth-order valence-electron chi connectivity index (χ4n) is 1.02. The van der Waals surface area contributed by atoms with Gasteiger partial charge in [-0.1, -0.05) is 13.0 Å². The van der Waals surface area contributed by atoms with Crippen LogP contribution in [0.1, 0.15) is 32.6 Å². The standard InChI is InChI=1S/C10H19O6P.2K/c1-9(2)10(11)15-7-5-3-4-6-8-16-17(12,13)14;;/h1,3-8H2,2H3,(H2,12,13,14);;/q;2*+1/p-2. The average Bonchev–Trinajstić information content (AvgIpc) is 2.19. The van der Waals surface area contributed by atoms with Crippen LogP contribution in [-0.4, -0.2) is 19.2 Å². The molecule has 0 N–H and O–H groups in total. The van der Waals surface area contributed by atoms with Crippen molar-refractivity contribution in [1.29, 1.82) is 0 Å². The van der Waals surface area contributed by atoms with Crippen LogP contribution in [0, 0.1) is 0 Å². The molecular weight excluding hydrogens is 325 g/mol. The molecule has 0 aliphatic heterocycles. The average molecular weight is 342 g/mol. The van der Waals surface area contributed by atoms with E-state index in [-0.39, 0.29) is 109 Å². The van der Waals surface area contributed by atoms with Crippen molar-refractivity contribution in [2.24, 2.45) is 0 Å². The van der Waals surface area contributed by atoms with E-state index >= 15 is 0 Å². The van der Waals surface area contributed by atoms with Crippen LogP contribution in [0.5, 0.6) is 0 Å². The smallest absolute Gasteiger partial charge is 0.790 e. The van der Waals surface area contributed by atoms with Gasteiger partial charge in [0.15, 0.2) is 0 Å². The van der Waals surface area contributed by atoms with Crippen LogP contribution in [0.2, 0.25) is 0 Å². The summed E-state index contributed by atoms with van der Waals surface area (Å²) in [6.45, 7) is 5.24. The summed E-state index contributed by atoms with van der Waals surface area (Å²) in [6, 6.07) is 0. The second-order valence-corrected chi connectivity index (χ2v) is 4.76. The van der Waals surface area contributed by atoms with Crippen LogP contribution < -0.4 is 113 Å². The van der Waals surface area contributed by atoms with Crippen LogP contribution in [0.4, 0.5) is 0 Å². The molecule has 100 valence electrons. The maximum Gasteiger partial charge on any atom is 1.00 e. The third-order valence-corrected chi connectivity index (χ3v) is 2.37. The first-order valence-corrected chi connectivity index (χ1v) is 6.78. The number of carbonyl (C=O) groups is 1. The van der Waals surface area contributed by atoms with Crippen molar-refractivity contribution < 1.29 is 131 Å². The minimum absolute atomic E-state index is 0. The Labute approximate surface area is 199 Å². The number of unbranched alkanes of at least 4 members (excludes halogenated alkanes) is 3. The summed E-state index contributed by atoms with van der Waals surface area (Å²) in [6.07, 6.45) is 2.66. The van der Waals surface area contributed by atoms with E-state index in [2.05, 4.69) is 11.1 Å². The number of hydrogen-bond acceptors (Lipinski definition) is 6. The van der Waals surface area contributed by atoms with Crippen LogP contribution >= 0.6 is 7.82 Å². The van der Waals surface area contributed by atoms with E-state index in [9.17, 15) is 19.1 Å². The third-order valence-electron chi connectivity index (χ3n) is 1.87. The van der Waals surface area contributed by atoms with Crippen LogP contribution in [0.3, 0.4) is 0 Å². The monoisotopic (exact) mass is 342 g/mol. The molecule has 0 aliphatic carbocycles. The quantitative estimate of drug-likeness (QED) is 0.136. The fraction of sp³-hybridized carbons (Fsp3) is 0.700. The predicted molar refractivity (Wildman–Crippen MR) is 57.8 cm³/mol. The molecule has 0 aromatic rings.